The first-order valence-corrected chi connectivity index (χ1v) is 23.9. The third-order valence-corrected chi connectivity index (χ3v) is 15.0. The van der Waals surface area contributed by atoms with Gasteiger partial charge in [0.25, 0.3) is 0 Å². The molecule has 0 aliphatic carbocycles. The van der Waals surface area contributed by atoms with Gasteiger partial charge in [-0.05, 0) is 103 Å². The van der Waals surface area contributed by atoms with Crippen molar-refractivity contribution in [2.24, 2.45) is 11.7 Å². The first-order chi connectivity index (χ1) is 31.8. The molecule has 15 nitrogen and oxygen atoms in total. The van der Waals surface area contributed by atoms with E-state index in [4.69, 9.17) is 48.9 Å². The summed E-state index contributed by atoms with van der Waals surface area (Å²) in [4.78, 5) is 56.0. The van der Waals surface area contributed by atoms with Crippen molar-refractivity contribution in [1.29, 1.82) is 0 Å². The second-order valence-corrected chi connectivity index (χ2v) is 19.2. The number of hydrogen-bond acceptors (Lipinski definition) is 15. The molecule has 0 saturated carbocycles. The Bertz CT molecular complexity index is 3230. The van der Waals surface area contributed by atoms with Crippen LogP contribution in [0.4, 0.5) is 11.6 Å². The Morgan fingerprint density at radius 3 is 2.03 bits per heavy atom. The summed E-state index contributed by atoms with van der Waals surface area (Å²) in [6.07, 6.45) is 13.7. The van der Waals surface area contributed by atoms with E-state index in [9.17, 15) is 5.11 Å². The van der Waals surface area contributed by atoms with Gasteiger partial charge in [0.1, 0.15) is 22.9 Å². The van der Waals surface area contributed by atoms with E-state index >= 15 is 0 Å². The standard InChI is InChI=1S/C46H42Cl2N14OS2/c1-2-30-39(47)38-42(55-30)58-46(65-27-17-35-32(54-20-27)8-5-14-52-35)60-44(38)62-22-29(49)28(36(62)23-63)9-10-33-40(48)37-41(56-33)57-45(64-26-16-34-31(53-19-26)7-4-13-51-34)59-43(37)61-15-11-25(21-61)24-6-3-12-50-18-24/h3-8,12-14,16-20,25,28-29,36,63H,2,9-11,15,21-23,49H2,1H3,(H,55,58,60)(H,56,57,59)/t25?,28?,29-,36-/m0/s1. The summed E-state index contributed by atoms with van der Waals surface area (Å²) in [5.74, 6) is 1.59. The number of halogens is 2. The second-order valence-electron chi connectivity index (χ2n) is 16.4. The van der Waals surface area contributed by atoms with Crippen LogP contribution >= 0.6 is 46.7 Å². The zero-order valence-electron chi connectivity index (χ0n) is 35.1. The number of nitrogens with two attached hydrogens (primary N) is 1. The number of rotatable bonds is 12. The van der Waals surface area contributed by atoms with Gasteiger partial charge < -0.3 is 30.6 Å². The molecule has 0 bridgehead atoms. The third-order valence-electron chi connectivity index (χ3n) is 12.6. The molecule has 328 valence electrons. The van der Waals surface area contributed by atoms with E-state index in [0.29, 0.717) is 74.6 Å². The lowest BCUT2D eigenvalue weighted by molar-refractivity contribution is 0.229. The zero-order chi connectivity index (χ0) is 44.2. The average Bonchev–Trinajstić information content (AvgIpc) is 4.11. The molecule has 9 aromatic heterocycles. The summed E-state index contributed by atoms with van der Waals surface area (Å²) < 4.78 is 0. The van der Waals surface area contributed by atoms with Crippen molar-refractivity contribution in [2.75, 3.05) is 36.0 Å². The normalized spacial score (nSPS) is 18.9. The molecule has 4 atom stereocenters. The van der Waals surface area contributed by atoms with Crippen LogP contribution < -0.4 is 15.5 Å². The van der Waals surface area contributed by atoms with Crippen molar-refractivity contribution in [2.45, 2.75) is 70.7 Å². The molecule has 0 radical (unpaired) electrons. The van der Waals surface area contributed by atoms with E-state index in [1.807, 2.05) is 61.8 Å². The van der Waals surface area contributed by atoms with Crippen LogP contribution in [-0.2, 0) is 12.8 Å². The molecule has 0 spiro atoms. The van der Waals surface area contributed by atoms with E-state index < -0.39 is 0 Å². The number of aliphatic hydroxyl groups excluding tert-OH is 1. The maximum atomic E-state index is 11.1. The van der Waals surface area contributed by atoms with Gasteiger partial charge in [-0.2, -0.15) is 0 Å². The highest BCUT2D eigenvalue weighted by Crippen LogP contribution is 2.43. The summed E-state index contributed by atoms with van der Waals surface area (Å²) in [7, 11) is 0. The lowest BCUT2D eigenvalue weighted by Gasteiger charge is -2.28. The van der Waals surface area contributed by atoms with Crippen LogP contribution in [0.2, 0.25) is 10.0 Å². The summed E-state index contributed by atoms with van der Waals surface area (Å²) in [5, 5.41) is 14.9. The van der Waals surface area contributed by atoms with Crippen molar-refractivity contribution in [1.82, 2.24) is 54.8 Å². The number of pyridine rings is 5. The van der Waals surface area contributed by atoms with Crippen LogP contribution in [0, 0.1) is 5.92 Å². The first kappa shape index (κ1) is 42.0. The van der Waals surface area contributed by atoms with Crippen molar-refractivity contribution in [3.05, 3.63) is 113 Å². The molecule has 65 heavy (non-hydrogen) atoms. The van der Waals surface area contributed by atoms with E-state index in [2.05, 4.69) is 50.8 Å². The predicted molar refractivity (Wildman–Crippen MR) is 256 cm³/mol. The number of aryl methyl sites for hydroxylation is 2. The van der Waals surface area contributed by atoms with E-state index in [1.54, 1.807) is 24.8 Å². The highest BCUT2D eigenvalue weighted by Gasteiger charge is 2.42. The van der Waals surface area contributed by atoms with Crippen molar-refractivity contribution in [3.63, 3.8) is 0 Å². The predicted octanol–water partition coefficient (Wildman–Crippen LogP) is 8.43. The number of aromatic nitrogens is 11. The van der Waals surface area contributed by atoms with E-state index in [0.717, 1.165) is 74.0 Å². The highest BCUT2D eigenvalue weighted by molar-refractivity contribution is 7.99. The van der Waals surface area contributed by atoms with Crippen LogP contribution in [0.25, 0.3) is 44.1 Å². The van der Waals surface area contributed by atoms with Crippen LogP contribution in [0.3, 0.4) is 0 Å². The monoisotopic (exact) mass is 940 g/mol. The molecule has 0 aromatic carbocycles. The molecular weight excluding hydrogens is 900 g/mol. The minimum atomic E-state index is -0.357. The molecule has 11 heterocycles. The summed E-state index contributed by atoms with van der Waals surface area (Å²) in [6, 6.07) is 15.1. The SMILES string of the molecule is CCc1[nH]c2nc(Sc3cnc4cccnc4c3)nc(N3C[C@H](N)C(CCc4[nH]c5nc(Sc6cnc7cccnc7c6)nc(N6CCC(c7cccnc7)C6)c5c4Cl)[C@@H]3CO)c2c1Cl. The van der Waals surface area contributed by atoms with Crippen LogP contribution in [0.1, 0.15) is 42.6 Å². The van der Waals surface area contributed by atoms with Crippen LogP contribution in [0.15, 0.2) is 106 Å². The van der Waals surface area contributed by atoms with E-state index in [1.165, 1.54) is 29.1 Å². The summed E-state index contributed by atoms with van der Waals surface area (Å²) in [6.45, 7) is 3.93. The Hall–Kier alpha value is -5.69. The quantitative estimate of drug-likeness (QED) is 0.0850. The van der Waals surface area contributed by atoms with Crippen LogP contribution in [0.5, 0.6) is 0 Å². The Kier molecular flexibility index (Phi) is 11.4. The fourth-order valence-electron chi connectivity index (χ4n) is 9.33. The fourth-order valence-corrected chi connectivity index (χ4v) is 11.5. The van der Waals surface area contributed by atoms with Gasteiger partial charge in [0.15, 0.2) is 10.3 Å². The van der Waals surface area contributed by atoms with Crippen molar-refractivity contribution in [3.8, 4) is 0 Å². The molecule has 2 fully saturated rings. The lowest BCUT2D eigenvalue weighted by atomic mass is 9.91. The van der Waals surface area contributed by atoms with Gasteiger partial charge in [0.2, 0.25) is 0 Å². The van der Waals surface area contributed by atoms with Gasteiger partial charge in [-0.15, -0.1) is 0 Å². The molecule has 2 unspecified atom stereocenters. The topological polar surface area (TPSA) is 200 Å². The van der Waals surface area contributed by atoms with Crippen LogP contribution in [-0.4, -0.2) is 98.3 Å². The number of anilines is 2. The maximum Gasteiger partial charge on any atom is 0.196 e. The number of hydrogen-bond donors (Lipinski definition) is 4. The number of fused-ring (bicyclic) bond motifs is 4. The maximum absolute atomic E-state index is 11.1. The molecule has 2 saturated heterocycles. The minimum Gasteiger partial charge on any atom is -0.394 e. The molecule has 19 heteroatoms. The molecule has 0 amide bonds. The average molecular weight is 942 g/mol. The molecule has 11 rings (SSSR count). The number of aliphatic hydroxyl groups is 1. The Morgan fingerprint density at radius 2 is 1.38 bits per heavy atom. The van der Waals surface area contributed by atoms with Crippen molar-refractivity contribution < 1.29 is 5.11 Å². The molecule has 5 N–H and O–H groups in total. The van der Waals surface area contributed by atoms with E-state index in [-0.39, 0.29) is 24.6 Å². The van der Waals surface area contributed by atoms with Crippen molar-refractivity contribution >= 4 is 102 Å². The number of aromatic amines is 2. The Morgan fingerprint density at radius 1 is 0.754 bits per heavy atom. The number of nitrogens with one attached hydrogen (secondary N) is 2. The van der Waals surface area contributed by atoms with Gasteiger partial charge >= 0.3 is 0 Å². The van der Waals surface area contributed by atoms with Gasteiger partial charge in [0.05, 0.1) is 55.5 Å². The van der Waals surface area contributed by atoms with Gasteiger partial charge in [-0.3, -0.25) is 24.9 Å². The second kappa shape index (κ2) is 17.6. The molecule has 9 aromatic rings. The highest BCUT2D eigenvalue weighted by atomic mass is 35.5. The largest absolute Gasteiger partial charge is 0.394 e. The van der Waals surface area contributed by atoms with Gasteiger partial charge in [-0.25, -0.2) is 19.9 Å². The molecule has 2 aliphatic rings. The smallest absolute Gasteiger partial charge is 0.196 e. The summed E-state index contributed by atoms with van der Waals surface area (Å²) >= 11 is 17.3. The zero-order valence-corrected chi connectivity index (χ0v) is 38.2. The first-order valence-electron chi connectivity index (χ1n) is 21.5. The Labute approximate surface area is 391 Å². The minimum absolute atomic E-state index is 0.118. The molecular formula is C46H42Cl2N14OS2. The summed E-state index contributed by atoms with van der Waals surface area (Å²) in [5.41, 5.74) is 14.4. The lowest BCUT2D eigenvalue weighted by Crippen LogP contribution is -2.37. The van der Waals surface area contributed by atoms with Gasteiger partial charge in [0, 0.05) is 90.0 Å². The molecule has 2 aliphatic heterocycles. The van der Waals surface area contributed by atoms with Gasteiger partial charge in [-0.1, -0.05) is 36.2 Å². The third kappa shape index (κ3) is 7.97. The Balaban J connectivity index is 0.902. The number of nitrogens with zero attached hydrogens (tertiary/aromatic N) is 11. The number of H-pyrrole nitrogens is 2. The fraction of sp³-hybridized carbons (Fsp3) is 0.283.